The van der Waals surface area contributed by atoms with E-state index in [4.69, 9.17) is 20.8 Å². The number of oxazole rings is 1. The van der Waals surface area contributed by atoms with Crippen LogP contribution in [0.4, 0.5) is 6.01 Å². The van der Waals surface area contributed by atoms with Crippen molar-refractivity contribution in [3.8, 4) is 17.0 Å². The number of hydrogen-bond acceptors (Lipinski definition) is 6. The van der Waals surface area contributed by atoms with Crippen molar-refractivity contribution < 1.29 is 9.15 Å². The van der Waals surface area contributed by atoms with Gasteiger partial charge in [0, 0.05) is 35.0 Å². The zero-order valence-corrected chi connectivity index (χ0v) is 17.6. The molecule has 0 unspecified atom stereocenters. The second kappa shape index (κ2) is 8.07. The van der Waals surface area contributed by atoms with Crippen molar-refractivity contribution >= 4 is 28.5 Å². The molecular weight excluding hydrogens is 416 g/mol. The van der Waals surface area contributed by atoms with Crippen LogP contribution in [0, 0.1) is 5.92 Å². The summed E-state index contributed by atoms with van der Waals surface area (Å²) in [6.07, 6.45) is 7.37. The summed E-state index contributed by atoms with van der Waals surface area (Å²) in [7, 11) is 0. The first-order valence-electron chi connectivity index (χ1n) is 10.2. The minimum Gasteiger partial charge on any atom is -0.492 e. The molecule has 8 heteroatoms. The van der Waals surface area contributed by atoms with Gasteiger partial charge in [0.2, 0.25) is 0 Å². The third kappa shape index (κ3) is 4.27. The maximum absolute atomic E-state index is 12.7. The number of ether oxygens (including phenoxy) is 1. The molecule has 1 atom stereocenters. The van der Waals surface area contributed by atoms with Gasteiger partial charge in [0.15, 0.2) is 0 Å². The molecule has 3 aromatic heterocycles. The molecule has 4 aromatic rings. The molecule has 1 saturated carbocycles. The van der Waals surface area contributed by atoms with E-state index in [1.54, 1.807) is 24.7 Å². The van der Waals surface area contributed by atoms with Crippen LogP contribution in [0.5, 0.6) is 5.75 Å². The molecular formula is C23H21ClN4O3. The van der Waals surface area contributed by atoms with Gasteiger partial charge in [-0.3, -0.25) is 9.78 Å². The quantitative estimate of drug-likeness (QED) is 0.414. The van der Waals surface area contributed by atoms with Crippen LogP contribution in [0.15, 0.2) is 58.2 Å². The number of anilines is 1. The Labute approximate surface area is 183 Å². The number of hydrogen-bond donors (Lipinski definition) is 2. The predicted octanol–water partition coefficient (Wildman–Crippen LogP) is 5.19. The first kappa shape index (κ1) is 19.6. The summed E-state index contributed by atoms with van der Waals surface area (Å²) in [6.45, 7) is 2.53. The van der Waals surface area contributed by atoms with E-state index >= 15 is 0 Å². The Kier molecular flexibility index (Phi) is 5.11. The number of rotatable bonds is 7. The lowest BCUT2D eigenvalue weighted by molar-refractivity contribution is 0.300. The Balaban J connectivity index is 1.37. The lowest BCUT2D eigenvalue weighted by atomic mass is 10.1. The van der Waals surface area contributed by atoms with E-state index in [-0.39, 0.29) is 11.6 Å². The number of nitrogens with zero attached hydrogens (tertiary/aromatic N) is 2. The van der Waals surface area contributed by atoms with E-state index in [1.165, 1.54) is 12.8 Å². The van der Waals surface area contributed by atoms with Crippen molar-refractivity contribution in [2.75, 3.05) is 11.9 Å². The lowest BCUT2D eigenvalue weighted by Crippen LogP contribution is -2.19. The normalized spacial score (nSPS) is 14.5. The second-order valence-corrected chi connectivity index (χ2v) is 8.23. The minimum atomic E-state index is -0.335. The molecule has 0 saturated heterocycles. The summed E-state index contributed by atoms with van der Waals surface area (Å²) in [4.78, 5) is 24.2. The molecule has 0 spiro atoms. The average Bonchev–Trinajstić information content (AvgIpc) is 3.49. The number of pyridine rings is 2. The number of halogens is 1. The van der Waals surface area contributed by atoms with Gasteiger partial charge < -0.3 is 19.5 Å². The number of aromatic amines is 1. The third-order valence-corrected chi connectivity index (χ3v) is 5.66. The van der Waals surface area contributed by atoms with Crippen molar-refractivity contribution in [3.05, 3.63) is 69.9 Å². The molecule has 0 amide bonds. The van der Waals surface area contributed by atoms with E-state index in [0.29, 0.717) is 46.1 Å². The van der Waals surface area contributed by atoms with Gasteiger partial charge in [-0.15, -0.1) is 0 Å². The summed E-state index contributed by atoms with van der Waals surface area (Å²) in [5.74, 6) is 1.22. The van der Waals surface area contributed by atoms with Crippen molar-refractivity contribution in [2.24, 2.45) is 5.92 Å². The molecule has 1 aliphatic rings. The van der Waals surface area contributed by atoms with Crippen LogP contribution in [0.2, 0.25) is 5.02 Å². The van der Waals surface area contributed by atoms with Crippen LogP contribution in [-0.2, 0) is 0 Å². The Morgan fingerprint density at radius 3 is 3.00 bits per heavy atom. The van der Waals surface area contributed by atoms with Gasteiger partial charge >= 0.3 is 0 Å². The number of H-pyrrole nitrogens is 1. The smallest absolute Gasteiger partial charge is 0.295 e. The van der Waals surface area contributed by atoms with Crippen molar-refractivity contribution in [1.82, 2.24) is 15.0 Å². The number of benzene rings is 1. The molecule has 0 radical (unpaired) electrons. The van der Waals surface area contributed by atoms with Crippen LogP contribution in [0.1, 0.15) is 31.4 Å². The minimum absolute atomic E-state index is 0.193. The van der Waals surface area contributed by atoms with Crippen molar-refractivity contribution in [2.45, 2.75) is 25.8 Å². The van der Waals surface area contributed by atoms with Gasteiger partial charge in [-0.05, 0) is 49.9 Å². The first-order valence-corrected chi connectivity index (χ1v) is 10.6. The fourth-order valence-corrected chi connectivity index (χ4v) is 3.62. The average molecular weight is 437 g/mol. The van der Waals surface area contributed by atoms with Gasteiger partial charge in [0.25, 0.3) is 11.6 Å². The molecule has 1 aromatic carbocycles. The maximum Gasteiger partial charge on any atom is 0.295 e. The number of nitrogens with one attached hydrogen (secondary N) is 2. The summed E-state index contributed by atoms with van der Waals surface area (Å²) < 4.78 is 11.3. The van der Waals surface area contributed by atoms with Crippen LogP contribution in [0.3, 0.4) is 0 Å². The molecule has 0 bridgehead atoms. The Morgan fingerprint density at radius 2 is 2.23 bits per heavy atom. The maximum atomic E-state index is 12.7. The van der Waals surface area contributed by atoms with Crippen LogP contribution in [-0.4, -0.2) is 21.6 Å². The van der Waals surface area contributed by atoms with E-state index in [0.717, 1.165) is 10.9 Å². The van der Waals surface area contributed by atoms with E-state index in [2.05, 4.69) is 20.3 Å². The van der Waals surface area contributed by atoms with Crippen LogP contribution >= 0.6 is 11.6 Å². The fraction of sp³-hybridized carbons (Fsp3) is 0.261. The lowest BCUT2D eigenvalue weighted by Gasteiger charge is -2.14. The molecule has 7 nitrogen and oxygen atoms in total. The van der Waals surface area contributed by atoms with Gasteiger partial charge in [-0.25, -0.2) is 0 Å². The highest BCUT2D eigenvalue weighted by molar-refractivity contribution is 6.32. The summed E-state index contributed by atoms with van der Waals surface area (Å²) in [6, 6.07) is 9.16. The summed E-state index contributed by atoms with van der Waals surface area (Å²) in [5.41, 5.74) is 2.56. The van der Waals surface area contributed by atoms with Crippen molar-refractivity contribution in [3.63, 3.8) is 0 Å². The van der Waals surface area contributed by atoms with Gasteiger partial charge in [0.1, 0.15) is 17.7 Å². The number of aromatic nitrogens is 3. The second-order valence-electron chi connectivity index (χ2n) is 7.82. The summed E-state index contributed by atoms with van der Waals surface area (Å²) in [5, 5.41) is 4.50. The molecule has 1 aliphatic carbocycles. The zero-order chi connectivity index (χ0) is 21.4. The molecule has 158 valence electrons. The molecule has 5 rings (SSSR count). The van der Waals surface area contributed by atoms with Gasteiger partial charge in [0.05, 0.1) is 23.2 Å². The molecule has 1 fully saturated rings. The molecule has 3 heterocycles. The first-order chi connectivity index (χ1) is 15.1. The van der Waals surface area contributed by atoms with Crippen molar-refractivity contribution in [1.29, 1.82) is 0 Å². The third-order valence-electron chi connectivity index (χ3n) is 5.36. The summed E-state index contributed by atoms with van der Waals surface area (Å²) >= 11 is 6.41. The Morgan fingerprint density at radius 1 is 1.35 bits per heavy atom. The van der Waals surface area contributed by atoms with Gasteiger partial charge in [-0.1, -0.05) is 11.6 Å². The van der Waals surface area contributed by atoms with E-state index < -0.39 is 0 Å². The Hall–Kier alpha value is -3.32. The van der Waals surface area contributed by atoms with Crippen LogP contribution < -0.4 is 15.6 Å². The molecule has 31 heavy (non-hydrogen) atoms. The zero-order valence-electron chi connectivity index (χ0n) is 16.9. The monoisotopic (exact) mass is 436 g/mol. The van der Waals surface area contributed by atoms with Gasteiger partial charge in [-0.2, -0.15) is 4.98 Å². The number of fused-ring (bicyclic) bond motifs is 1. The predicted molar refractivity (Wildman–Crippen MR) is 120 cm³/mol. The largest absolute Gasteiger partial charge is 0.492 e. The van der Waals surface area contributed by atoms with Crippen LogP contribution in [0.25, 0.3) is 22.2 Å². The standard InChI is InChI=1S/C23H21ClN4O3/c1-13(26-23-28-20(12-31-23)15-3-2-6-25-10-15)17-7-16-8-18(24)21(30-11-14-4-5-14)9-19(16)27-22(17)29/h2-3,6-10,12-14H,4-5,11H2,1H3,(H,26,28)(H,27,29)/t13-/m0/s1. The molecule has 0 aliphatic heterocycles. The topological polar surface area (TPSA) is 93.0 Å². The highest BCUT2D eigenvalue weighted by Gasteiger charge is 2.22. The molecule has 2 N–H and O–H groups in total. The highest BCUT2D eigenvalue weighted by Crippen LogP contribution is 2.34. The Bertz CT molecular complexity index is 1280. The SMILES string of the molecule is C[C@H](Nc1nc(-c2cccnc2)co1)c1cc2cc(Cl)c(OCC3CC3)cc2[nH]c1=O. The van der Waals surface area contributed by atoms with E-state index in [9.17, 15) is 4.79 Å². The van der Waals surface area contributed by atoms with E-state index in [1.807, 2.05) is 31.2 Å². The fourth-order valence-electron chi connectivity index (χ4n) is 3.40. The highest BCUT2D eigenvalue weighted by atomic mass is 35.5.